The van der Waals surface area contributed by atoms with Gasteiger partial charge in [0.2, 0.25) is 0 Å². The van der Waals surface area contributed by atoms with Crippen LogP contribution in [0.3, 0.4) is 0 Å². The van der Waals surface area contributed by atoms with Crippen molar-refractivity contribution in [3.05, 3.63) is 42.5 Å². The molecule has 0 atom stereocenters. The molecule has 0 aliphatic heterocycles. The Kier molecular flexibility index (Phi) is 11.4. The molecule has 1 amide bonds. The Morgan fingerprint density at radius 1 is 1.00 bits per heavy atom. The molecule has 1 rings (SSSR count). The van der Waals surface area contributed by atoms with Crippen molar-refractivity contribution in [1.29, 1.82) is 0 Å². The van der Waals surface area contributed by atoms with Crippen molar-refractivity contribution in [3.8, 4) is 0 Å². The Bertz CT molecular complexity index is 444. The Balaban J connectivity index is 1.98. The van der Waals surface area contributed by atoms with Gasteiger partial charge < -0.3 is 5.32 Å². The molecule has 0 saturated heterocycles. The summed E-state index contributed by atoms with van der Waals surface area (Å²) in [6.07, 6.45) is 10.7. The number of benzene rings is 1. The lowest BCUT2D eigenvalue weighted by molar-refractivity contribution is -0.112. The molecule has 2 nitrogen and oxygen atoms in total. The van der Waals surface area contributed by atoms with Crippen LogP contribution in [0.25, 0.3) is 0 Å². The van der Waals surface area contributed by atoms with Crippen LogP contribution in [-0.4, -0.2) is 17.4 Å². The predicted octanol–water partition coefficient (Wildman–Crippen LogP) is 6.06. The third-order valence-electron chi connectivity index (χ3n) is 3.77. The number of anilines is 1. The second-order valence-electron chi connectivity index (χ2n) is 5.95. The van der Waals surface area contributed by atoms with E-state index in [2.05, 4.69) is 18.8 Å². The molecule has 0 bridgehead atoms. The van der Waals surface area contributed by atoms with Crippen LogP contribution in [0.5, 0.6) is 0 Å². The summed E-state index contributed by atoms with van der Waals surface area (Å²) >= 11 is 1.81. The molecule has 0 aliphatic rings. The fourth-order valence-corrected chi connectivity index (χ4v) is 3.27. The van der Waals surface area contributed by atoms with E-state index in [0.717, 1.165) is 17.2 Å². The number of rotatable bonds is 13. The normalized spacial score (nSPS) is 10.5. The Morgan fingerprint density at radius 2 is 1.61 bits per heavy atom. The van der Waals surface area contributed by atoms with E-state index in [4.69, 9.17) is 0 Å². The fraction of sp³-hybridized carbons (Fsp3) is 0.550. The van der Waals surface area contributed by atoms with Gasteiger partial charge in [0.15, 0.2) is 0 Å². The van der Waals surface area contributed by atoms with E-state index in [-0.39, 0.29) is 5.91 Å². The molecule has 0 saturated carbocycles. The summed E-state index contributed by atoms with van der Waals surface area (Å²) in [7, 11) is 0. The first-order chi connectivity index (χ1) is 11.2. The number of carbonyl (C=O) groups excluding carboxylic acids is 1. The van der Waals surface area contributed by atoms with Crippen LogP contribution in [0, 0.1) is 0 Å². The summed E-state index contributed by atoms with van der Waals surface area (Å²) in [5.74, 6) is 1.77. The van der Waals surface area contributed by atoms with Gasteiger partial charge in [-0.3, -0.25) is 4.79 Å². The van der Waals surface area contributed by atoms with Gasteiger partial charge in [0.1, 0.15) is 0 Å². The lowest BCUT2D eigenvalue weighted by atomic mass is 10.1. The fourth-order valence-electron chi connectivity index (χ4n) is 2.34. The quantitative estimate of drug-likeness (QED) is 0.351. The largest absolute Gasteiger partial charge is 0.322 e. The average molecular weight is 334 g/mol. The van der Waals surface area contributed by atoms with Gasteiger partial charge in [-0.15, -0.1) is 0 Å². The molecule has 23 heavy (non-hydrogen) atoms. The summed E-state index contributed by atoms with van der Waals surface area (Å²) in [5.41, 5.74) is 1.48. The number of hydrogen-bond acceptors (Lipinski definition) is 2. The van der Waals surface area contributed by atoms with E-state index >= 15 is 0 Å². The van der Waals surface area contributed by atoms with Gasteiger partial charge in [-0.25, -0.2) is 0 Å². The molecule has 0 aliphatic carbocycles. The van der Waals surface area contributed by atoms with Gasteiger partial charge in [-0.05, 0) is 24.3 Å². The van der Waals surface area contributed by atoms with Crippen molar-refractivity contribution in [2.24, 2.45) is 0 Å². The monoisotopic (exact) mass is 333 g/mol. The Hall–Kier alpha value is -1.22. The number of nitrogens with one attached hydrogen (secondary N) is 1. The SMILES string of the molecule is C=C(CSCCCCCCCCCC)C(=O)Nc1ccccc1. The maximum absolute atomic E-state index is 12.0. The van der Waals surface area contributed by atoms with Crippen LogP contribution in [-0.2, 0) is 4.79 Å². The lowest BCUT2D eigenvalue weighted by Gasteiger charge is -2.07. The zero-order valence-electron chi connectivity index (χ0n) is 14.5. The van der Waals surface area contributed by atoms with Crippen LogP contribution in [0.15, 0.2) is 42.5 Å². The smallest absolute Gasteiger partial charge is 0.251 e. The highest BCUT2D eigenvalue weighted by molar-refractivity contribution is 7.99. The third kappa shape index (κ3) is 10.2. The molecule has 1 aromatic rings. The van der Waals surface area contributed by atoms with Crippen LogP contribution >= 0.6 is 11.8 Å². The van der Waals surface area contributed by atoms with Crippen molar-refractivity contribution in [1.82, 2.24) is 0 Å². The van der Waals surface area contributed by atoms with Gasteiger partial charge in [0.05, 0.1) is 0 Å². The topological polar surface area (TPSA) is 29.1 Å². The number of unbranched alkanes of at least 4 members (excludes halogenated alkanes) is 7. The number of hydrogen-bond donors (Lipinski definition) is 1. The van der Waals surface area contributed by atoms with Crippen LogP contribution in [0.2, 0.25) is 0 Å². The predicted molar refractivity (Wildman–Crippen MR) is 104 cm³/mol. The van der Waals surface area contributed by atoms with Gasteiger partial charge >= 0.3 is 0 Å². The minimum Gasteiger partial charge on any atom is -0.322 e. The zero-order chi connectivity index (χ0) is 16.8. The molecule has 0 fully saturated rings. The number of thioether (sulfide) groups is 1. The summed E-state index contributed by atoms with van der Waals surface area (Å²) in [4.78, 5) is 12.0. The van der Waals surface area contributed by atoms with Gasteiger partial charge in [0, 0.05) is 17.0 Å². The minimum atomic E-state index is -0.0698. The van der Waals surface area contributed by atoms with Gasteiger partial charge in [-0.1, -0.05) is 76.6 Å². The van der Waals surface area contributed by atoms with Crippen LogP contribution in [0.1, 0.15) is 58.3 Å². The standard InChI is InChI=1S/C20H31NOS/c1-3-4-5-6-7-8-9-13-16-23-17-18(2)20(22)21-19-14-11-10-12-15-19/h10-12,14-15H,2-9,13,16-17H2,1H3,(H,21,22). The number of para-hydroxylation sites is 1. The molecule has 3 heteroatoms. The molecule has 0 spiro atoms. The first-order valence-corrected chi connectivity index (χ1v) is 10.0. The second-order valence-corrected chi connectivity index (χ2v) is 7.06. The van der Waals surface area contributed by atoms with E-state index in [1.807, 2.05) is 42.1 Å². The van der Waals surface area contributed by atoms with Crippen LogP contribution < -0.4 is 5.32 Å². The van der Waals surface area contributed by atoms with Gasteiger partial charge in [-0.2, -0.15) is 11.8 Å². The molecular formula is C20H31NOS. The average Bonchev–Trinajstić information content (AvgIpc) is 2.57. The minimum absolute atomic E-state index is 0.0698. The highest BCUT2D eigenvalue weighted by atomic mass is 32.2. The summed E-state index contributed by atoms with van der Waals surface area (Å²) in [6, 6.07) is 9.53. The molecule has 0 radical (unpaired) electrons. The van der Waals surface area contributed by atoms with E-state index in [0.29, 0.717) is 5.57 Å². The summed E-state index contributed by atoms with van der Waals surface area (Å²) < 4.78 is 0. The number of carbonyl (C=O) groups is 1. The molecule has 1 aromatic carbocycles. The Labute approximate surface area is 146 Å². The van der Waals surface area contributed by atoms with Crippen molar-refractivity contribution in [2.75, 3.05) is 16.8 Å². The Morgan fingerprint density at radius 3 is 2.26 bits per heavy atom. The first-order valence-electron chi connectivity index (χ1n) is 8.86. The molecule has 0 aromatic heterocycles. The third-order valence-corrected chi connectivity index (χ3v) is 4.90. The maximum Gasteiger partial charge on any atom is 0.251 e. The molecule has 1 N–H and O–H groups in total. The van der Waals surface area contributed by atoms with Crippen molar-refractivity contribution < 1.29 is 4.79 Å². The maximum atomic E-state index is 12.0. The van der Waals surface area contributed by atoms with Crippen LogP contribution in [0.4, 0.5) is 5.69 Å². The van der Waals surface area contributed by atoms with Gasteiger partial charge in [0.25, 0.3) is 5.91 Å². The molecule has 0 heterocycles. The van der Waals surface area contributed by atoms with E-state index in [9.17, 15) is 4.79 Å². The first kappa shape index (κ1) is 19.8. The summed E-state index contributed by atoms with van der Waals surface area (Å²) in [6.45, 7) is 6.15. The molecular weight excluding hydrogens is 302 g/mol. The van der Waals surface area contributed by atoms with E-state index in [1.165, 1.54) is 51.4 Å². The van der Waals surface area contributed by atoms with Crippen molar-refractivity contribution in [3.63, 3.8) is 0 Å². The molecule has 0 unspecified atom stereocenters. The summed E-state index contributed by atoms with van der Waals surface area (Å²) in [5, 5.41) is 2.88. The van der Waals surface area contributed by atoms with Crippen molar-refractivity contribution in [2.45, 2.75) is 58.3 Å². The second kappa shape index (κ2) is 13.2. The highest BCUT2D eigenvalue weighted by Gasteiger charge is 2.07. The highest BCUT2D eigenvalue weighted by Crippen LogP contribution is 2.14. The van der Waals surface area contributed by atoms with Crippen molar-refractivity contribution >= 4 is 23.4 Å². The molecule has 128 valence electrons. The zero-order valence-corrected chi connectivity index (χ0v) is 15.3. The lowest BCUT2D eigenvalue weighted by Crippen LogP contribution is -2.15. The van der Waals surface area contributed by atoms with E-state index in [1.54, 1.807) is 0 Å². The number of amides is 1. The van der Waals surface area contributed by atoms with E-state index < -0.39 is 0 Å².